The van der Waals surface area contributed by atoms with Crippen LogP contribution in [0.2, 0.25) is 5.02 Å². The summed E-state index contributed by atoms with van der Waals surface area (Å²) in [5, 5.41) is 27.9. The van der Waals surface area contributed by atoms with Gasteiger partial charge in [-0.15, -0.1) is 0 Å². The Morgan fingerprint density at radius 1 is 1.30 bits per heavy atom. The number of rotatable bonds is 5. The van der Waals surface area contributed by atoms with E-state index in [0.29, 0.717) is 22.2 Å². The van der Waals surface area contributed by atoms with Crippen LogP contribution in [0.4, 0.5) is 5.82 Å². The summed E-state index contributed by atoms with van der Waals surface area (Å²) in [5.74, 6) is 1.04. The van der Waals surface area contributed by atoms with Gasteiger partial charge >= 0.3 is 0 Å². The fourth-order valence-electron chi connectivity index (χ4n) is 2.34. The van der Waals surface area contributed by atoms with Crippen LogP contribution >= 0.6 is 11.6 Å². The average Bonchev–Trinajstić information content (AvgIpc) is 3.00. The molecule has 3 rings (SSSR count). The lowest BCUT2D eigenvalue weighted by atomic mass is 10.0. The number of halogens is 1. The molecule has 0 unspecified atom stereocenters. The van der Waals surface area contributed by atoms with Crippen molar-refractivity contribution in [2.75, 3.05) is 11.9 Å². The highest BCUT2D eigenvalue weighted by Crippen LogP contribution is 2.22. The van der Waals surface area contributed by atoms with E-state index in [4.69, 9.17) is 11.6 Å². The van der Waals surface area contributed by atoms with Crippen LogP contribution in [0.3, 0.4) is 0 Å². The molecule has 0 spiro atoms. The van der Waals surface area contributed by atoms with E-state index in [9.17, 15) is 10.2 Å². The van der Waals surface area contributed by atoms with E-state index in [1.165, 1.54) is 10.8 Å². The van der Waals surface area contributed by atoms with E-state index in [1.54, 1.807) is 30.3 Å². The number of aliphatic hydroxyl groups excluding tert-OH is 2. The molecule has 7 nitrogen and oxygen atoms in total. The molecular formula is C15H16ClN5O2. The van der Waals surface area contributed by atoms with Gasteiger partial charge < -0.3 is 15.5 Å². The van der Waals surface area contributed by atoms with E-state index in [-0.39, 0.29) is 6.61 Å². The summed E-state index contributed by atoms with van der Waals surface area (Å²) in [6.45, 7) is 1.57. The average molecular weight is 334 g/mol. The maximum atomic E-state index is 10.5. The van der Waals surface area contributed by atoms with Crippen molar-refractivity contribution in [1.29, 1.82) is 0 Å². The first-order valence-electron chi connectivity index (χ1n) is 7.07. The minimum absolute atomic E-state index is 0.263. The van der Waals surface area contributed by atoms with E-state index in [2.05, 4.69) is 20.4 Å². The van der Waals surface area contributed by atoms with Crippen molar-refractivity contribution >= 4 is 23.2 Å². The fourth-order valence-corrected chi connectivity index (χ4v) is 2.47. The summed E-state index contributed by atoms with van der Waals surface area (Å²) in [4.78, 5) is 8.30. The van der Waals surface area contributed by atoms with E-state index in [1.807, 2.05) is 6.92 Å². The van der Waals surface area contributed by atoms with Gasteiger partial charge in [0.05, 0.1) is 12.6 Å². The summed E-state index contributed by atoms with van der Waals surface area (Å²) >= 11 is 5.86. The molecule has 2 atom stereocenters. The van der Waals surface area contributed by atoms with Gasteiger partial charge in [0.25, 0.3) is 5.78 Å². The molecule has 0 saturated heterocycles. The lowest BCUT2D eigenvalue weighted by Gasteiger charge is -2.24. The van der Waals surface area contributed by atoms with Crippen molar-refractivity contribution in [1.82, 2.24) is 19.6 Å². The maximum Gasteiger partial charge on any atom is 0.254 e. The summed E-state index contributed by atoms with van der Waals surface area (Å²) < 4.78 is 1.52. The lowest BCUT2D eigenvalue weighted by Crippen LogP contribution is -2.32. The molecule has 0 saturated carbocycles. The molecule has 0 aliphatic heterocycles. The van der Waals surface area contributed by atoms with Gasteiger partial charge in [-0.25, -0.2) is 4.98 Å². The van der Waals surface area contributed by atoms with Gasteiger partial charge in [-0.1, -0.05) is 23.7 Å². The van der Waals surface area contributed by atoms with Crippen molar-refractivity contribution in [3.8, 4) is 0 Å². The van der Waals surface area contributed by atoms with Crippen LogP contribution in [0, 0.1) is 6.92 Å². The Labute approximate surface area is 137 Å². The third-order valence-corrected chi connectivity index (χ3v) is 3.75. The molecule has 1 aromatic carbocycles. The Hall–Kier alpha value is -2.22. The van der Waals surface area contributed by atoms with Gasteiger partial charge in [-0.3, -0.25) is 0 Å². The molecule has 0 fully saturated rings. The maximum absolute atomic E-state index is 10.5. The molecule has 120 valence electrons. The van der Waals surface area contributed by atoms with Crippen LogP contribution in [0.5, 0.6) is 0 Å². The molecule has 8 heteroatoms. The minimum Gasteiger partial charge on any atom is -0.394 e. The standard InChI is InChI=1S/C15H16ClN5O2/c1-9-6-13(21-15(19-9)17-8-18-21)20-12(7-22)14(23)10-2-4-11(16)5-3-10/h2-6,8,12,14,20,22-23H,7H2,1H3/t12-,14+/m0/s1. The Morgan fingerprint density at radius 2 is 2.04 bits per heavy atom. The second-order valence-electron chi connectivity index (χ2n) is 5.18. The topological polar surface area (TPSA) is 95.6 Å². The minimum atomic E-state index is -0.913. The van der Waals surface area contributed by atoms with Crippen LogP contribution < -0.4 is 5.32 Å². The van der Waals surface area contributed by atoms with E-state index in [0.717, 1.165) is 5.69 Å². The van der Waals surface area contributed by atoms with Crippen LogP contribution in [0.1, 0.15) is 17.4 Å². The third-order valence-electron chi connectivity index (χ3n) is 3.50. The highest BCUT2D eigenvalue weighted by atomic mass is 35.5. The predicted molar refractivity (Wildman–Crippen MR) is 86.4 cm³/mol. The molecule has 0 bridgehead atoms. The van der Waals surface area contributed by atoms with Crippen LogP contribution in [-0.2, 0) is 0 Å². The Morgan fingerprint density at radius 3 is 2.74 bits per heavy atom. The smallest absolute Gasteiger partial charge is 0.254 e. The van der Waals surface area contributed by atoms with Crippen molar-refractivity contribution in [2.24, 2.45) is 0 Å². The SMILES string of the molecule is Cc1cc(N[C@@H](CO)[C@H](O)c2ccc(Cl)cc2)n2ncnc2n1. The highest BCUT2D eigenvalue weighted by molar-refractivity contribution is 6.30. The zero-order valence-corrected chi connectivity index (χ0v) is 13.1. The number of aliphatic hydroxyl groups is 2. The second kappa shape index (κ2) is 6.49. The predicted octanol–water partition coefficient (Wildman–Crippen LogP) is 1.59. The quantitative estimate of drug-likeness (QED) is 0.656. The molecule has 0 amide bonds. The number of nitrogens with one attached hydrogen (secondary N) is 1. The number of hydrogen-bond donors (Lipinski definition) is 3. The first-order valence-corrected chi connectivity index (χ1v) is 7.44. The van der Waals surface area contributed by atoms with Gasteiger partial charge in [0, 0.05) is 16.8 Å². The molecule has 3 aromatic rings. The normalized spacial score (nSPS) is 13.9. The second-order valence-corrected chi connectivity index (χ2v) is 5.62. The Kier molecular flexibility index (Phi) is 4.42. The molecule has 0 radical (unpaired) electrons. The van der Waals surface area contributed by atoms with Gasteiger partial charge in [-0.2, -0.15) is 14.6 Å². The summed E-state index contributed by atoms with van der Waals surface area (Å²) in [7, 11) is 0. The number of aromatic nitrogens is 4. The molecule has 3 N–H and O–H groups in total. The number of aryl methyl sites for hydroxylation is 1. The summed E-state index contributed by atoms with van der Waals surface area (Å²) in [6.07, 6.45) is 0.487. The summed E-state index contributed by atoms with van der Waals surface area (Å²) in [6, 6.07) is 7.99. The van der Waals surface area contributed by atoms with Crippen LogP contribution in [0.15, 0.2) is 36.7 Å². The Bertz CT molecular complexity index is 805. The highest BCUT2D eigenvalue weighted by Gasteiger charge is 2.21. The monoisotopic (exact) mass is 333 g/mol. The number of hydrogen-bond acceptors (Lipinski definition) is 6. The van der Waals surface area contributed by atoms with Crippen LogP contribution in [-0.4, -0.2) is 42.4 Å². The number of fused-ring (bicyclic) bond motifs is 1. The fraction of sp³-hybridized carbons (Fsp3) is 0.267. The van der Waals surface area contributed by atoms with E-state index < -0.39 is 12.1 Å². The number of nitrogens with zero attached hydrogens (tertiary/aromatic N) is 4. The molecule has 2 heterocycles. The third kappa shape index (κ3) is 3.26. The summed E-state index contributed by atoms with van der Waals surface area (Å²) in [5.41, 5.74) is 1.41. The molecule has 0 aliphatic rings. The molecule has 2 aromatic heterocycles. The van der Waals surface area contributed by atoms with Crippen LogP contribution in [0.25, 0.3) is 5.78 Å². The zero-order valence-electron chi connectivity index (χ0n) is 12.4. The first kappa shape index (κ1) is 15.7. The molecular weight excluding hydrogens is 318 g/mol. The van der Waals surface area contributed by atoms with Crippen molar-refractivity contribution < 1.29 is 10.2 Å². The van der Waals surface area contributed by atoms with Gasteiger partial charge in [0.15, 0.2) is 0 Å². The lowest BCUT2D eigenvalue weighted by molar-refractivity contribution is 0.118. The van der Waals surface area contributed by atoms with Gasteiger partial charge in [0.2, 0.25) is 0 Å². The number of benzene rings is 1. The number of anilines is 1. The Balaban J connectivity index is 1.88. The van der Waals surface area contributed by atoms with E-state index >= 15 is 0 Å². The van der Waals surface area contributed by atoms with Gasteiger partial charge in [0.1, 0.15) is 18.2 Å². The zero-order chi connectivity index (χ0) is 16.4. The molecule has 0 aliphatic carbocycles. The van der Waals surface area contributed by atoms with Crippen molar-refractivity contribution in [3.05, 3.63) is 52.9 Å². The molecule has 23 heavy (non-hydrogen) atoms. The van der Waals surface area contributed by atoms with Crippen molar-refractivity contribution in [3.63, 3.8) is 0 Å². The largest absolute Gasteiger partial charge is 0.394 e. The first-order chi connectivity index (χ1) is 11.1. The van der Waals surface area contributed by atoms with Crippen molar-refractivity contribution in [2.45, 2.75) is 19.1 Å². The van der Waals surface area contributed by atoms with Gasteiger partial charge in [-0.05, 0) is 24.6 Å².